The number of nitrogens with one attached hydrogen (secondary N) is 6. The number of carbonyl (C=O) groups is 6. The molecule has 6 N–H and O–H groups in total. The molecule has 6 aromatic rings. The largest absolute Gasteiger partial charge is 0.328 e. The van der Waals surface area contributed by atoms with Crippen molar-refractivity contribution in [1.29, 1.82) is 0 Å². The highest BCUT2D eigenvalue weighted by atomic mass is 79.9. The van der Waals surface area contributed by atoms with Gasteiger partial charge in [0.05, 0.1) is 53.3 Å². The maximum absolute atomic E-state index is 13.0. The van der Waals surface area contributed by atoms with Crippen LogP contribution >= 0.6 is 15.9 Å². The van der Waals surface area contributed by atoms with E-state index in [1.807, 2.05) is 80.2 Å². The first kappa shape index (κ1) is 53.7. The Hall–Kier alpha value is -7.55. The van der Waals surface area contributed by atoms with Crippen molar-refractivity contribution < 1.29 is 37.5 Å². The molecule has 394 valence electrons. The molecule has 0 unspecified atom stereocenters. The Morgan fingerprint density at radius 1 is 0.547 bits per heavy atom. The van der Waals surface area contributed by atoms with Crippen LogP contribution in [-0.2, 0) is 50.6 Å². The summed E-state index contributed by atoms with van der Waals surface area (Å²) in [7, 11) is 0. The van der Waals surface area contributed by atoms with Crippen LogP contribution in [0.1, 0.15) is 154 Å². The van der Waals surface area contributed by atoms with Crippen molar-refractivity contribution in [2.24, 2.45) is 10.8 Å². The third-order valence-electron chi connectivity index (χ3n) is 14.0. The minimum atomic E-state index is -0.550. The fourth-order valence-electron chi connectivity index (χ4n) is 9.61. The van der Waals surface area contributed by atoms with Crippen molar-refractivity contribution in [3.8, 4) is 0 Å². The van der Waals surface area contributed by atoms with Crippen LogP contribution in [0.3, 0.4) is 0 Å². The number of fused-ring (bicyclic) bond motifs is 4. The molecule has 21 heteroatoms. The minimum absolute atomic E-state index is 0.0103. The fourth-order valence-corrected chi connectivity index (χ4v) is 10.0. The van der Waals surface area contributed by atoms with Crippen molar-refractivity contribution >= 4 is 68.8 Å². The van der Waals surface area contributed by atoms with E-state index in [9.17, 15) is 37.5 Å². The number of halogens is 3. The molecule has 10 rings (SSSR count). The summed E-state index contributed by atoms with van der Waals surface area (Å²) in [6, 6.07) is 17.8. The second kappa shape index (κ2) is 19.6. The number of carbonyl (C=O) groups excluding carboxylic acids is 6. The molecule has 18 nitrogen and oxygen atoms in total. The number of amides is 6. The van der Waals surface area contributed by atoms with Gasteiger partial charge < -0.3 is 30.7 Å². The van der Waals surface area contributed by atoms with Gasteiger partial charge >= 0.3 is 0 Å². The van der Waals surface area contributed by atoms with Gasteiger partial charge in [-0.1, -0.05) is 63.5 Å². The van der Waals surface area contributed by atoms with Crippen molar-refractivity contribution in [3.63, 3.8) is 0 Å². The van der Waals surface area contributed by atoms with Crippen molar-refractivity contribution in [2.45, 2.75) is 125 Å². The molecule has 4 aliphatic rings. The number of benzene rings is 3. The van der Waals surface area contributed by atoms with Gasteiger partial charge in [0, 0.05) is 55.6 Å². The van der Waals surface area contributed by atoms with Crippen LogP contribution in [-0.4, -0.2) is 80.7 Å². The predicted molar refractivity (Wildman–Crippen MR) is 280 cm³/mol. The summed E-state index contributed by atoms with van der Waals surface area (Å²) in [6.45, 7) is 22.0. The first-order valence-corrected chi connectivity index (χ1v) is 25.2. The molecular weight excluding hydrogens is 1030 g/mol. The first-order chi connectivity index (χ1) is 35.0. The second-order valence-corrected chi connectivity index (χ2v) is 23.1. The third kappa shape index (κ3) is 10.5. The van der Waals surface area contributed by atoms with E-state index < -0.39 is 33.5 Å². The summed E-state index contributed by atoms with van der Waals surface area (Å²) in [4.78, 5) is 80.1. The molecule has 0 atom stereocenters. The Kier molecular flexibility index (Phi) is 14.1. The normalized spacial score (nSPS) is 16.2. The lowest BCUT2D eigenvalue weighted by Crippen LogP contribution is -2.46. The fraction of sp³-hybridized carbons (Fsp3) is 0.389. The number of H-pyrrole nitrogens is 3. The summed E-state index contributed by atoms with van der Waals surface area (Å²) in [6.07, 6.45) is 1.80. The van der Waals surface area contributed by atoms with Gasteiger partial charge in [-0.15, -0.1) is 0 Å². The van der Waals surface area contributed by atoms with Gasteiger partial charge in [0.15, 0.2) is 17.5 Å². The summed E-state index contributed by atoms with van der Waals surface area (Å²) >= 11 is 3.35. The van der Waals surface area contributed by atoms with Crippen LogP contribution in [0.2, 0.25) is 0 Å². The van der Waals surface area contributed by atoms with Crippen molar-refractivity contribution in [2.75, 3.05) is 16.0 Å². The highest BCUT2D eigenvalue weighted by Gasteiger charge is 2.59. The number of aromatic amines is 3. The van der Waals surface area contributed by atoms with Crippen LogP contribution in [0, 0.1) is 22.5 Å². The summed E-state index contributed by atoms with van der Waals surface area (Å²) in [5, 5.41) is 30.0. The number of hydrogen-bond acceptors (Lipinski definition) is 9. The van der Waals surface area contributed by atoms with Gasteiger partial charge in [0.2, 0.25) is 17.7 Å². The van der Waals surface area contributed by atoms with E-state index in [4.69, 9.17) is 0 Å². The summed E-state index contributed by atoms with van der Waals surface area (Å²) in [5.74, 6) is -0.350. The SMILES string of the molecule is CC(=O)N1Cc2c(NC(=O)c3cccc(Br)c3)n[nH]c2C1(C)C.CC(C)(C)C(=O)N1Cc2c(NC(=O)c3ccc(F)cc3)n[nH]c2C1(C)C.CC(C)(C)C(=O)N1Cc2c(NC(=O)c3ccc(F)cc3)n[nH]c2C12CC2. The molecule has 6 heterocycles. The highest BCUT2D eigenvalue weighted by molar-refractivity contribution is 9.10. The average molecular weight is 1090 g/mol. The number of rotatable bonds is 6. The van der Waals surface area contributed by atoms with Crippen LogP contribution in [0.25, 0.3) is 0 Å². The quantitative estimate of drug-likeness (QED) is 0.0930. The molecular formula is C54H61BrF2N12O6. The lowest BCUT2D eigenvalue weighted by atomic mass is 9.92. The van der Waals surface area contributed by atoms with E-state index >= 15 is 0 Å². The number of aromatic nitrogens is 6. The zero-order valence-corrected chi connectivity index (χ0v) is 45.3. The molecule has 75 heavy (non-hydrogen) atoms. The Labute approximate surface area is 441 Å². The lowest BCUT2D eigenvalue weighted by Gasteiger charge is -2.36. The van der Waals surface area contributed by atoms with E-state index in [0.29, 0.717) is 53.8 Å². The summed E-state index contributed by atoms with van der Waals surface area (Å²) < 4.78 is 26.9. The van der Waals surface area contributed by atoms with Crippen molar-refractivity contribution in [3.05, 3.63) is 139 Å². The Balaban J connectivity index is 0.000000150. The van der Waals surface area contributed by atoms with Gasteiger partial charge in [-0.2, -0.15) is 15.3 Å². The zero-order chi connectivity index (χ0) is 54.7. The molecule has 1 saturated carbocycles. The standard InChI is InChI=1S/C19H21FN4O2.C19H23FN4O2.C16H17BrN4O2/c1-18(2,3)17(26)24-10-13-14(19(24)8-9-19)22-23-15(13)21-16(25)11-4-6-12(20)7-5-11;1-18(2,3)17(26)24-10-13-14(19(24,4)5)22-23-15(13)21-16(25)11-6-8-12(20)9-7-11;1-9(22)21-8-12-13(16(21,2)3)19-20-14(12)18-15(23)10-5-4-6-11(17)7-10/h4-7H,8-10H2,1-3H3,(H2,21,22,23,25);6-9H,10H2,1-5H3,(H2,21,22,23,25);4-7H,8H2,1-3H3,(H2,18,19,20,23). The van der Waals surface area contributed by atoms with Crippen LogP contribution in [0.5, 0.6) is 0 Å². The number of nitrogens with zero attached hydrogens (tertiary/aromatic N) is 6. The average Bonchev–Trinajstić information content (AvgIpc) is 3.77. The van der Waals surface area contributed by atoms with E-state index in [1.165, 1.54) is 48.5 Å². The van der Waals surface area contributed by atoms with Gasteiger partial charge in [0.1, 0.15) is 11.6 Å². The molecule has 1 spiro atoms. The molecule has 0 radical (unpaired) electrons. The second-order valence-electron chi connectivity index (χ2n) is 22.2. The molecule has 3 aliphatic heterocycles. The van der Waals surface area contributed by atoms with Crippen LogP contribution < -0.4 is 16.0 Å². The van der Waals surface area contributed by atoms with Gasteiger partial charge in [-0.3, -0.25) is 44.1 Å². The summed E-state index contributed by atoms with van der Waals surface area (Å²) in [5.41, 5.74) is 4.03. The van der Waals surface area contributed by atoms with E-state index in [0.717, 1.165) is 51.1 Å². The maximum Gasteiger partial charge on any atom is 0.256 e. The van der Waals surface area contributed by atoms with E-state index in [-0.39, 0.29) is 41.0 Å². The Morgan fingerprint density at radius 2 is 0.920 bits per heavy atom. The number of anilines is 3. The Bertz CT molecular complexity index is 3100. The third-order valence-corrected chi connectivity index (χ3v) is 14.5. The Morgan fingerprint density at radius 3 is 1.33 bits per heavy atom. The molecule has 1 aliphatic carbocycles. The lowest BCUT2D eigenvalue weighted by molar-refractivity contribution is -0.145. The molecule has 1 fully saturated rings. The van der Waals surface area contributed by atoms with Crippen LogP contribution in [0.15, 0.2) is 77.3 Å². The predicted octanol–water partition coefficient (Wildman–Crippen LogP) is 9.62. The smallest absolute Gasteiger partial charge is 0.256 e. The van der Waals surface area contributed by atoms with E-state index in [1.54, 1.807) is 34.9 Å². The van der Waals surface area contributed by atoms with E-state index in [2.05, 4.69) is 62.5 Å². The molecule has 3 aromatic carbocycles. The topological polar surface area (TPSA) is 234 Å². The van der Waals surface area contributed by atoms with Gasteiger partial charge in [0.25, 0.3) is 17.7 Å². The van der Waals surface area contributed by atoms with Gasteiger partial charge in [-0.25, -0.2) is 8.78 Å². The molecule has 0 saturated heterocycles. The molecule has 0 bridgehead atoms. The molecule has 3 aromatic heterocycles. The van der Waals surface area contributed by atoms with Crippen LogP contribution in [0.4, 0.5) is 26.2 Å². The minimum Gasteiger partial charge on any atom is -0.328 e. The first-order valence-electron chi connectivity index (χ1n) is 24.4. The van der Waals surface area contributed by atoms with Gasteiger partial charge in [-0.05, 0) is 107 Å². The maximum atomic E-state index is 13.0. The molecule has 6 amide bonds. The zero-order valence-electron chi connectivity index (χ0n) is 43.7. The highest BCUT2D eigenvalue weighted by Crippen LogP contribution is 2.58. The monoisotopic (exact) mass is 1090 g/mol. The van der Waals surface area contributed by atoms with Crippen molar-refractivity contribution in [1.82, 2.24) is 45.3 Å². The number of hydrogen-bond donors (Lipinski definition) is 6.